The molecule has 1 aliphatic rings. The van der Waals surface area contributed by atoms with E-state index in [0.717, 1.165) is 37.2 Å². The van der Waals surface area contributed by atoms with Crippen molar-refractivity contribution in [3.05, 3.63) is 60.2 Å². The van der Waals surface area contributed by atoms with Gasteiger partial charge in [0.2, 0.25) is 5.91 Å². The molecule has 2 N–H and O–H groups in total. The number of hydrogen-bond acceptors (Lipinski definition) is 4. The van der Waals surface area contributed by atoms with E-state index >= 15 is 0 Å². The summed E-state index contributed by atoms with van der Waals surface area (Å²) in [6, 6.07) is 16.9. The van der Waals surface area contributed by atoms with Crippen LogP contribution in [0.25, 0.3) is 0 Å². The standard InChI is InChI=1S/C22H28N2O3/c1-24-12-10-17(11-13-24)14-22(26)23-16-21(25)18-6-5-9-20(15-18)27-19-7-3-2-4-8-19/h2-9,15,17,21,25H,10-14,16H2,1H3,(H,23,26). The molecular formula is C22H28N2O3. The maximum absolute atomic E-state index is 12.2. The molecule has 0 radical (unpaired) electrons. The average molecular weight is 368 g/mol. The third kappa shape index (κ3) is 6.08. The smallest absolute Gasteiger partial charge is 0.220 e. The predicted octanol–water partition coefficient (Wildman–Crippen LogP) is 3.36. The molecule has 144 valence electrons. The molecule has 1 fully saturated rings. The molecule has 3 rings (SSSR count). The molecule has 1 aliphatic heterocycles. The number of para-hydroxylation sites is 1. The minimum Gasteiger partial charge on any atom is -0.457 e. The molecule has 5 heteroatoms. The van der Waals surface area contributed by atoms with Gasteiger partial charge in [0.15, 0.2) is 0 Å². The molecule has 1 heterocycles. The zero-order valence-electron chi connectivity index (χ0n) is 15.8. The first-order valence-electron chi connectivity index (χ1n) is 9.56. The highest BCUT2D eigenvalue weighted by Gasteiger charge is 2.20. The zero-order chi connectivity index (χ0) is 19.1. The van der Waals surface area contributed by atoms with Crippen molar-refractivity contribution in [1.29, 1.82) is 0 Å². The van der Waals surface area contributed by atoms with Gasteiger partial charge in [-0.25, -0.2) is 0 Å². The first kappa shape index (κ1) is 19.4. The van der Waals surface area contributed by atoms with E-state index < -0.39 is 6.10 Å². The molecule has 1 amide bonds. The number of likely N-dealkylation sites (tertiary alicyclic amines) is 1. The normalized spacial score (nSPS) is 16.7. The van der Waals surface area contributed by atoms with Crippen molar-refractivity contribution < 1.29 is 14.6 Å². The van der Waals surface area contributed by atoms with Crippen LogP contribution in [0.1, 0.15) is 30.9 Å². The highest BCUT2D eigenvalue weighted by Crippen LogP contribution is 2.24. The summed E-state index contributed by atoms with van der Waals surface area (Å²) < 4.78 is 5.80. The Bertz CT molecular complexity index is 727. The fourth-order valence-electron chi connectivity index (χ4n) is 3.34. The van der Waals surface area contributed by atoms with Gasteiger partial charge in [0.1, 0.15) is 11.5 Å². The summed E-state index contributed by atoms with van der Waals surface area (Å²) in [5.74, 6) is 1.87. The molecule has 0 bridgehead atoms. The Labute approximate surface area is 161 Å². The summed E-state index contributed by atoms with van der Waals surface area (Å²) >= 11 is 0. The van der Waals surface area contributed by atoms with Gasteiger partial charge < -0.3 is 20.1 Å². The molecule has 0 aliphatic carbocycles. The van der Waals surface area contributed by atoms with Gasteiger partial charge in [-0.05, 0) is 68.7 Å². The number of ether oxygens (including phenoxy) is 1. The van der Waals surface area contributed by atoms with E-state index in [9.17, 15) is 9.90 Å². The molecule has 2 aromatic carbocycles. The largest absolute Gasteiger partial charge is 0.457 e. The van der Waals surface area contributed by atoms with Crippen LogP contribution in [-0.2, 0) is 4.79 Å². The highest BCUT2D eigenvalue weighted by molar-refractivity contribution is 5.76. The van der Waals surface area contributed by atoms with Crippen molar-refractivity contribution in [3.63, 3.8) is 0 Å². The third-order valence-corrected chi connectivity index (χ3v) is 5.03. The monoisotopic (exact) mass is 368 g/mol. The lowest BCUT2D eigenvalue weighted by Crippen LogP contribution is -2.34. The quantitative estimate of drug-likeness (QED) is 0.787. The molecule has 1 saturated heterocycles. The van der Waals surface area contributed by atoms with Crippen molar-refractivity contribution in [2.24, 2.45) is 5.92 Å². The number of hydrogen-bond donors (Lipinski definition) is 2. The number of carbonyl (C=O) groups excluding carboxylic acids is 1. The third-order valence-electron chi connectivity index (χ3n) is 5.03. The summed E-state index contributed by atoms with van der Waals surface area (Å²) in [6.45, 7) is 2.31. The zero-order valence-corrected chi connectivity index (χ0v) is 15.8. The fraction of sp³-hybridized carbons (Fsp3) is 0.409. The molecule has 0 saturated carbocycles. The van der Waals surface area contributed by atoms with E-state index in [-0.39, 0.29) is 12.5 Å². The summed E-state index contributed by atoms with van der Waals surface area (Å²) in [6.07, 6.45) is 1.90. The maximum Gasteiger partial charge on any atom is 0.220 e. The molecule has 27 heavy (non-hydrogen) atoms. The number of carbonyl (C=O) groups is 1. The van der Waals surface area contributed by atoms with Crippen molar-refractivity contribution in [1.82, 2.24) is 10.2 Å². The van der Waals surface area contributed by atoms with Gasteiger partial charge in [0.25, 0.3) is 0 Å². The summed E-state index contributed by atoms with van der Waals surface area (Å²) in [5, 5.41) is 13.3. The van der Waals surface area contributed by atoms with Crippen LogP contribution in [0.15, 0.2) is 54.6 Å². The van der Waals surface area contributed by atoms with E-state index in [2.05, 4.69) is 17.3 Å². The highest BCUT2D eigenvalue weighted by atomic mass is 16.5. The number of rotatable bonds is 7. The molecule has 5 nitrogen and oxygen atoms in total. The van der Waals surface area contributed by atoms with Crippen molar-refractivity contribution in [2.45, 2.75) is 25.4 Å². The Kier molecular flexibility index (Phi) is 6.85. The minimum atomic E-state index is -0.759. The van der Waals surface area contributed by atoms with Crippen LogP contribution < -0.4 is 10.1 Å². The lowest BCUT2D eigenvalue weighted by molar-refractivity contribution is -0.122. The number of benzene rings is 2. The summed E-state index contributed by atoms with van der Waals surface area (Å²) in [4.78, 5) is 14.5. The average Bonchev–Trinajstić information content (AvgIpc) is 2.69. The SMILES string of the molecule is CN1CCC(CC(=O)NCC(O)c2cccc(Oc3ccccc3)c2)CC1. The van der Waals surface area contributed by atoms with E-state index in [0.29, 0.717) is 18.1 Å². The van der Waals surface area contributed by atoms with Crippen LogP contribution in [0, 0.1) is 5.92 Å². The Morgan fingerprint density at radius 2 is 1.85 bits per heavy atom. The Morgan fingerprint density at radius 3 is 2.59 bits per heavy atom. The van der Waals surface area contributed by atoms with E-state index in [1.165, 1.54) is 0 Å². The number of nitrogens with one attached hydrogen (secondary N) is 1. The predicted molar refractivity (Wildman–Crippen MR) is 106 cm³/mol. The number of nitrogens with zero attached hydrogens (tertiary/aromatic N) is 1. The van der Waals surface area contributed by atoms with E-state index in [1.54, 1.807) is 6.07 Å². The van der Waals surface area contributed by atoms with Crippen LogP contribution in [-0.4, -0.2) is 42.6 Å². The van der Waals surface area contributed by atoms with Crippen molar-refractivity contribution >= 4 is 5.91 Å². The number of aliphatic hydroxyl groups excluding tert-OH is 1. The van der Waals surface area contributed by atoms with Gasteiger partial charge in [-0.3, -0.25) is 4.79 Å². The first-order chi connectivity index (χ1) is 13.1. The maximum atomic E-state index is 12.2. The molecule has 0 spiro atoms. The van der Waals surface area contributed by atoms with Crippen LogP contribution in [0.4, 0.5) is 0 Å². The molecule has 0 aromatic heterocycles. The lowest BCUT2D eigenvalue weighted by atomic mass is 9.93. The van der Waals surface area contributed by atoms with Crippen LogP contribution in [0.2, 0.25) is 0 Å². The van der Waals surface area contributed by atoms with Crippen molar-refractivity contribution in [2.75, 3.05) is 26.7 Å². The second kappa shape index (κ2) is 9.53. The first-order valence-corrected chi connectivity index (χ1v) is 9.56. The van der Waals surface area contributed by atoms with Gasteiger partial charge in [0, 0.05) is 13.0 Å². The van der Waals surface area contributed by atoms with Crippen LogP contribution in [0.3, 0.4) is 0 Å². The van der Waals surface area contributed by atoms with E-state index in [4.69, 9.17) is 4.74 Å². The van der Waals surface area contributed by atoms with Gasteiger partial charge in [0.05, 0.1) is 6.10 Å². The Balaban J connectivity index is 1.48. The lowest BCUT2D eigenvalue weighted by Gasteiger charge is -2.28. The van der Waals surface area contributed by atoms with Crippen LogP contribution in [0.5, 0.6) is 11.5 Å². The molecule has 2 aromatic rings. The Hall–Kier alpha value is -2.37. The second-order valence-electron chi connectivity index (χ2n) is 7.26. The minimum absolute atomic E-state index is 0.0142. The summed E-state index contributed by atoms with van der Waals surface area (Å²) in [5.41, 5.74) is 0.725. The van der Waals surface area contributed by atoms with Gasteiger partial charge >= 0.3 is 0 Å². The van der Waals surface area contributed by atoms with E-state index in [1.807, 2.05) is 48.5 Å². The number of amides is 1. The molecule has 1 atom stereocenters. The molecule has 1 unspecified atom stereocenters. The van der Waals surface area contributed by atoms with Gasteiger partial charge in [-0.1, -0.05) is 30.3 Å². The van der Waals surface area contributed by atoms with Crippen LogP contribution >= 0.6 is 0 Å². The fourth-order valence-corrected chi connectivity index (χ4v) is 3.34. The molecular weight excluding hydrogens is 340 g/mol. The Morgan fingerprint density at radius 1 is 1.15 bits per heavy atom. The van der Waals surface area contributed by atoms with Gasteiger partial charge in [-0.2, -0.15) is 0 Å². The second-order valence-corrected chi connectivity index (χ2v) is 7.26. The summed E-state index contributed by atoms with van der Waals surface area (Å²) in [7, 11) is 2.11. The number of piperidine rings is 1. The number of aliphatic hydroxyl groups is 1. The topological polar surface area (TPSA) is 61.8 Å². The van der Waals surface area contributed by atoms with Crippen molar-refractivity contribution in [3.8, 4) is 11.5 Å². The van der Waals surface area contributed by atoms with Gasteiger partial charge in [-0.15, -0.1) is 0 Å².